The van der Waals surface area contributed by atoms with Crippen LogP contribution >= 0.6 is 0 Å². The Bertz CT molecular complexity index is 2960. The molecule has 650 valence electrons. The second-order valence-electron chi connectivity index (χ2n) is 55.4. The number of rotatable bonds is 9. The fourth-order valence-corrected chi connectivity index (χ4v) is 40.9. The largest absolute Gasteiger partial charge is 0.295 e. The Balaban J connectivity index is 0.777. The van der Waals surface area contributed by atoms with Gasteiger partial charge in [-0.05, 0) is 408 Å². The molecule has 2 saturated heterocycles. The molecule has 0 amide bonds. The highest BCUT2D eigenvalue weighted by Crippen LogP contribution is 2.74. The molecule has 2 nitrogen and oxygen atoms in total. The number of hydrogen-bond acceptors (Lipinski definition) is 2. The Morgan fingerprint density at radius 1 is 0.183 bits per heavy atom. The third-order valence-electron chi connectivity index (χ3n) is 46.0. The molecular formula is C112H189BN2. The van der Waals surface area contributed by atoms with Crippen molar-refractivity contribution in [3.8, 4) is 0 Å². The first-order chi connectivity index (χ1) is 55.2. The summed E-state index contributed by atoms with van der Waals surface area (Å²) in [6.45, 7) is 41.7. The van der Waals surface area contributed by atoms with Crippen molar-refractivity contribution >= 4 is 6.71 Å². The SMILES string of the molecule is CC(C)(C)C1CCC(C2CC3C4B(C5CC(C6CC7CC(C(C)(C)C)CC8CCC9CC(C(C)(C)C)CC6C9C87)CCC5N3C3C(C5CCCCC5)CCCC3C3CCCCC3)C3CC(C5CC6CC(C(C)(C)C)CC7CCC8CC(C(C)(C)C)CC5C8C76)CCC3N(C3C(C5CCCCC5)CCCC3C3CCCCC3)C4C2)CC1. The van der Waals surface area contributed by atoms with Gasteiger partial charge in [0.25, 0.3) is 0 Å². The van der Waals surface area contributed by atoms with Gasteiger partial charge in [-0.15, -0.1) is 0 Å². The maximum absolute atomic E-state index is 4.03. The van der Waals surface area contributed by atoms with Crippen molar-refractivity contribution in [3.05, 3.63) is 0 Å². The van der Waals surface area contributed by atoms with Crippen molar-refractivity contribution < 1.29 is 0 Å². The third kappa shape index (κ3) is 15.5. The fourth-order valence-electron chi connectivity index (χ4n) is 40.9. The van der Waals surface area contributed by atoms with Gasteiger partial charge in [0.2, 0.25) is 0 Å². The maximum atomic E-state index is 4.03. The molecule has 3 heteroatoms. The van der Waals surface area contributed by atoms with Crippen LogP contribution in [-0.4, -0.2) is 52.8 Å². The molecule has 0 bridgehead atoms. The van der Waals surface area contributed by atoms with Crippen molar-refractivity contribution in [2.45, 2.75) is 491 Å². The van der Waals surface area contributed by atoms with Crippen LogP contribution in [0.15, 0.2) is 0 Å². The van der Waals surface area contributed by atoms with Crippen molar-refractivity contribution in [2.24, 2.45) is 211 Å². The van der Waals surface area contributed by atoms with Crippen LogP contribution in [0.5, 0.6) is 0 Å². The molecule has 0 aromatic carbocycles. The molecule has 20 aliphatic rings. The molecule has 0 N–H and O–H groups in total. The van der Waals surface area contributed by atoms with Crippen LogP contribution in [0.4, 0.5) is 0 Å². The van der Waals surface area contributed by atoms with E-state index in [0.717, 1.165) is 244 Å². The highest BCUT2D eigenvalue weighted by atomic mass is 15.3. The first-order valence-electron chi connectivity index (χ1n) is 54.7. The highest BCUT2D eigenvalue weighted by Gasteiger charge is 2.71. The van der Waals surface area contributed by atoms with Gasteiger partial charge in [-0.2, -0.15) is 0 Å². The van der Waals surface area contributed by atoms with E-state index < -0.39 is 0 Å². The minimum atomic E-state index is 0.424. The number of nitrogens with zero attached hydrogens (tertiary/aromatic N) is 2. The van der Waals surface area contributed by atoms with Crippen LogP contribution in [0.25, 0.3) is 0 Å². The van der Waals surface area contributed by atoms with Crippen molar-refractivity contribution in [3.63, 3.8) is 0 Å². The Hall–Kier alpha value is -0.0151. The molecule has 30 unspecified atom stereocenters. The molecular weight excluding hydrogens is 1380 g/mol. The molecule has 18 saturated carbocycles. The van der Waals surface area contributed by atoms with E-state index in [0.29, 0.717) is 27.1 Å². The molecule has 115 heavy (non-hydrogen) atoms. The third-order valence-corrected chi connectivity index (χ3v) is 46.0. The van der Waals surface area contributed by atoms with E-state index in [-0.39, 0.29) is 0 Å². The van der Waals surface area contributed by atoms with Crippen LogP contribution in [0, 0.1) is 211 Å². The average molecular weight is 1570 g/mol. The normalized spacial score (nSPS) is 50.3. The first kappa shape index (κ1) is 83.2. The summed E-state index contributed by atoms with van der Waals surface area (Å²) in [7, 11) is 0. The van der Waals surface area contributed by atoms with Crippen LogP contribution in [0.3, 0.4) is 0 Å². The molecule has 20 rings (SSSR count). The summed E-state index contributed by atoms with van der Waals surface area (Å²) in [5.74, 6) is 33.3. The predicted octanol–water partition coefficient (Wildman–Crippen LogP) is 31.3. The van der Waals surface area contributed by atoms with Crippen molar-refractivity contribution in [1.29, 1.82) is 0 Å². The zero-order chi connectivity index (χ0) is 79.1. The highest BCUT2D eigenvalue weighted by molar-refractivity contribution is 6.65. The lowest BCUT2D eigenvalue weighted by molar-refractivity contribution is -0.159. The van der Waals surface area contributed by atoms with E-state index in [1.54, 1.807) is 295 Å². The Kier molecular flexibility index (Phi) is 23.7. The summed E-state index contributed by atoms with van der Waals surface area (Å²) in [4.78, 5) is 8.07. The molecule has 0 aromatic heterocycles. The second-order valence-corrected chi connectivity index (χ2v) is 55.4. The lowest BCUT2D eigenvalue weighted by Gasteiger charge is -2.73. The summed E-state index contributed by atoms with van der Waals surface area (Å²) in [5.41, 5.74) is 2.17. The molecule has 18 aliphatic carbocycles. The second kappa shape index (κ2) is 32.7. The van der Waals surface area contributed by atoms with Crippen LogP contribution in [0.1, 0.15) is 438 Å². The Morgan fingerprint density at radius 3 is 0.809 bits per heavy atom. The first-order valence-corrected chi connectivity index (χ1v) is 54.7. The van der Waals surface area contributed by atoms with Gasteiger partial charge in [-0.25, -0.2) is 0 Å². The monoisotopic (exact) mass is 1570 g/mol. The van der Waals surface area contributed by atoms with Gasteiger partial charge in [0, 0.05) is 36.3 Å². The van der Waals surface area contributed by atoms with Crippen LogP contribution < -0.4 is 0 Å². The van der Waals surface area contributed by atoms with E-state index in [1.807, 2.05) is 0 Å². The molecule has 0 radical (unpaired) electrons. The van der Waals surface area contributed by atoms with Gasteiger partial charge >= 0.3 is 0 Å². The van der Waals surface area contributed by atoms with Crippen LogP contribution in [-0.2, 0) is 0 Å². The van der Waals surface area contributed by atoms with E-state index in [9.17, 15) is 0 Å². The van der Waals surface area contributed by atoms with Gasteiger partial charge in [-0.3, -0.25) is 9.80 Å². The molecule has 2 heterocycles. The lowest BCUT2D eigenvalue weighted by Crippen LogP contribution is -2.77. The van der Waals surface area contributed by atoms with E-state index in [1.165, 1.54) is 38.5 Å². The van der Waals surface area contributed by atoms with Crippen molar-refractivity contribution in [1.82, 2.24) is 9.80 Å². The van der Waals surface area contributed by atoms with E-state index >= 15 is 0 Å². The fraction of sp³-hybridized carbons (Fsp3) is 1.00. The number of hydrogen-bond donors (Lipinski definition) is 0. The quantitative estimate of drug-likeness (QED) is 0.212. The molecule has 20 fully saturated rings. The Labute approximate surface area is 713 Å². The lowest BCUT2D eigenvalue weighted by atomic mass is 9.17. The molecule has 0 spiro atoms. The van der Waals surface area contributed by atoms with E-state index in [2.05, 4.69) is 114 Å². The molecule has 0 aromatic rings. The predicted molar refractivity (Wildman–Crippen MR) is 489 cm³/mol. The average Bonchev–Trinajstić information content (AvgIpc) is 0.684. The van der Waals surface area contributed by atoms with Gasteiger partial charge in [0.1, 0.15) is 0 Å². The minimum absolute atomic E-state index is 0.424. The van der Waals surface area contributed by atoms with Gasteiger partial charge in [-0.1, -0.05) is 258 Å². The zero-order valence-electron chi connectivity index (χ0n) is 78.8. The maximum Gasteiger partial charge on any atom is 0.156 e. The standard InChI is InChI=1S/C112H189BN2/c1-108(2,3)82-50-46-68(47-51-82)79-64-99-105-100(65-79)115(107-89(71-34-24-18-25-35-71)40-29-41-90(107)72-36-26-19-27-37-72)98-53-49-74(92-61-81-59-84(110(7,8)9)55-76-43-45-78-57-86(112(13,14)15)67-94(92)104(78)102(76)81)63-96(98)113(105)95-62-73(48-52-97(95)114(99)106-87(69-30-20-16-21-31-69)38-28-39-88(106)70-32-22-17-23-33-70)91-60-80-58-83(109(4,5)6)54-75-42-44-77-56-85(111(10,11)12)66-93(91)103(77)101(75)80/h68-107H,16-67H2,1-15H3. The summed E-state index contributed by atoms with van der Waals surface area (Å²) in [6.07, 6.45) is 82.6. The Morgan fingerprint density at radius 2 is 0.478 bits per heavy atom. The minimum Gasteiger partial charge on any atom is -0.295 e. The molecule has 2 aliphatic heterocycles. The van der Waals surface area contributed by atoms with Gasteiger partial charge in [0.15, 0.2) is 6.71 Å². The van der Waals surface area contributed by atoms with E-state index in [4.69, 9.17) is 0 Å². The topological polar surface area (TPSA) is 6.48 Å². The summed E-state index contributed by atoms with van der Waals surface area (Å²) >= 11 is 0. The summed E-state index contributed by atoms with van der Waals surface area (Å²) < 4.78 is 0. The smallest absolute Gasteiger partial charge is 0.156 e. The van der Waals surface area contributed by atoms with Gasteiger partial charge in [0.05, 0.1) is 0 Å². The van der Waals surface area contributed by atoms with Gasteiger partial charge < -0.3 is 0 Å². The zero-order valence-corrected chi connectivity index (χ0v) is 78.8. The number of fused-ring (bicyclic) bond motifs is 4. The summed E-state index contributed by atoms with van der Waals surface area (Å²) in [5, 5.41) is 0. The van der Waals surface area contributed by atoms with Crippen LogP contribution in [0.2, 0.25) is 17.5 Å². The summed E-state index contributed by atoms with van der Waals surface area (Å²) in [6, 6.07) is 5.09. The molecule has 30 atom stereocenters. The van der Waals surface area contributed by atoms with Crippen molar-refractivity contribution in [2.75, 3.05) is 0 Å².